The summed E-state index contributed by atoms with van der Waals surface area (Å²) in [5, 5.41) is 5.83. The summed E-state index contributed by atoms with van der Waals surface area (Å²) in [6, 6.07) is 8.45. The molecule has 1 aromatic heterocycles. The van der Waals surface area contributed by atoms with Crippen LogP contribution in [-0.4, -0.2) is 24.2 Å². The van der Waals surface area contributed by atoms with Crippen LogP contribution in [0.5, 0.6) is 0 Å². The molecule has 0 spiro atoms. The highest BCUT2D eigenvalue weighted by Crippen LogP contribution is 2.28. The molecule has 0 radical (unpaired) electrons. The van der Waals surface area contributed by atoms with Crippen LogP contribution in [-0.2, 0) is 4.74 Å². The van der Waals surface area contributed by atoms with Gasteiger partial charge in [-0.05, 0) is 25.0 Å². The smallest absolute Gasteiger partial charge is 0.134 e. The molecule has 20 heavy (non-hydrogen) atoms. The number of ether oxygens (including phenoxy) is 1. The molecule has 1 aromatic carbocycles. The lowest BCUT2D eigenvalue weighted by Crippen LogP contribution is -2.31. The average Bonchev–Trinajstić information content (AvgIpc) is 2.44. The fourth-order valence-corrected chi connectivity index (χ4v) is 2.60. The highest BCUT2D eigenvalue weighted by molar-refractivity contribution is 9.10. The highest BCUT2D eigenvalue weighted by atomic mass is 79.9. The second-order valence-electron chi connectivity index (χ2n) is 5.15. The van der Waals surface area contributed by atoms with Crippen LogP contribution in [0.15, 0.2) is 34.9 Å². The number of benzene rings is 1. The normalized spacial score (nSPS) is 12.8. The summed E-state index contributed by atoms with van der Waals surface area (Å²) < 4.78 is 6.65. The van der Waals surface area contributed by atoms with E-state index in [4.69, 9.17) is 4.74 Å². The first-order valence-corrected chi connectivity index (χ1v) is 7.80. The fourth-order valence-electron chi connectivity index (χ4n) is 2.11. The molecule has 1 unspecified atom stereocenters. The number of hydrogen-bond donors (Lipinski definition) is 1. The predicted molar refractivity (Wildman–Crippen MR) is 88.2 cm³/mol. The van der Waals surface area contributed by atoms with Gasteiger partial charge in [0, 0.05) is 28.0 Å². The highest BCUT2D eigenvalue weighted by Gasteiger charge is 2.15. The van der Waals surface area contributed by atoms with Crippen molar-refractivity contribution in [2.24, 2.45) is 5.92 Å². The van der Waals surface area contributed by atoms with Crippen LogP contribution >= 0.6 is 15.9 Å². The Morgan fingerprint density at radius 2 is 2.05 bits per heavy atom. The molecular weight excluding hydrogens is 316 g/mol. The van der Waals surface area contributed by atoms with Gasteiger partial charge < -0.3 is 10.1 Å². The van der Waals surface area contributed by atoms with Crippen molar-refractivity contribution in [2.45, 2.75) is 26.8 Å². The monoisotopic (exact) mass is 336 g/mol. The third-order valence-electron chi connectivity index (χ3n) is 3.38. The second kappa shape index (κ2) is 7.04. The maximum Gasteiger partial charge on any atom is 0.134 e. The number of nitrogens with zero attached hydrogens (tertiary/aromatic N) is 1. The second-order valence-corrected chi connectivity index (χ2v) is 6.00. The maximum absolute atomic E-state index is 5.57. The van der Waals surface area contributed by atoms with Crippen molar-refractivity contribution in [3.8, 4) is 0 Å². The molecule has 0 aliphatic carbocycles. The van der Waals surface area contributed by atoms with Crippen LogP contribution in [0.25, 0.3) is 10.8 Å². The van der Waals surface area contributed by atoms with Gasteiger partial charge >= 0.3 is 0 Å². The Morgan fingerprint density at radius 3 is 2.75 bits per heavy atom. The Bertz CT molecular complexity index is 571. The molecule has 0 saturated carbocycles. The molecule has 1 N–H and O–H groups in total. The zero-order valence-electron chi connectivity index (χ0n) is 12.2. The molecule has 0 saturated heterocycles. The average molecular weight is 337 g/mol. The summed E-state index contributed by atoms with van der Waals surface area (Å²) in [5.41, 5.74) is 0. The Labute approximate surface area is 128 Å². The third-order valence-corrected chi connectivity index (χ3v) is 4.07. The number of nitrogens with one attached hydrogen (secondary N) is 1. The fraction of sp³-hybridized carbons (Fsp3) is 0.438. The molecular formula is C16H21BrN2O. The van der Waals surface area contributed by atoms with E-state index in [0.717, 1.165) is 22.3 Å². The van der Waals surface area contributed by atoms with Gasteiger partial charge in [-0.25, -0.2) is 4.98 Å². The van der Waals surface area contributed by atoms with Crippen LogP contribution in [0, 0.1) is 5.92 Å². The summed E-state index contributed by atoms with van der Waals surface area (Å²) in [6.07, 6.45) is 1.84. The number of hydrogen-bond acceptors (Lipinski definition) is 3. The molecule has 108 valence electrons. The first-order chi connectivity index (χ1) is 9.63. The lowest BCUT2D eigenvalue weighted by atomic mass is 10.0. The summed E-state index contributed by atoms with van der Waals surface area (Å²) in [5.74, 6) is 1.40. The lowest BCUT2D eigenvalue weighted by Gasteiger charge is -2.23. The number of aromatic nitrogens is 1. The van der Waals surface area contributed by atoms with Crippen LogP contribution in [0.4, 0.5) is 5.82 Å². The number of pyridine rings is 1. The third kappa shape index (κ3) is 3.49. The van der Waals surface area contributed by atoms with Gasteiger partial charge in [-0.3, -0.25) is 0 Å². The predicted octanol–water partition coefficient (Wildman–Crippen LogP) is 4.47. The van der Waals surface area contributed by atoms with E-state index in [1.165, 1.54) is 5.39 Å². The SMILES string of the molecule is CCOCC(Nc1nccc2c(Br)cccc12)C(C)C. The summed E-state index contributed by atoms with van der Waals surface area (Å²) in [7, 11) is 0. The molecule has 3 nitrogen and oxygen atoms in total. The van der Waals surface area contributed by atoms with E-state index in [9.17, 15) is 0 Å². The van der Waals surface area contributed by atoms with Gasteiger partial charge in [0.2, 0.25) is 0 Å². The van der Waals surface area contributed by atoms with Crippen LogP contribution in [0.2, 0.25) is 0 Å². The molecule has 2 aromatic rings. The molecule has 0 fully saturated rings. The van der Waals surface area contributed by atoms with Gasteiger partial charge in [-0.2, -0.15) is 0 Å². The standard InChI is InChI=1S/C16H21BrN2O/c1-4-20-10-15(11(2)3)19-16-13-6-5-7-14(17)12(13)8-9-18-16/h5-9,11,15H,4,10H2,1-3H3,(H,18,19). The number of fused-ring (bicyclic) bond motifs is 1. The zero-order chi connectivity index (χ0) is 14.5. The van der Waals surface area contributed by atoms with E-state index < -0.39 is 0 Å². The topological polar surface area (TPSA) is 34.1 Å². The summed E-state index contributed by atoms with van der Waals surface area (Å²) in [6.45, 7) is 7.83. The van der Waals surface area contributed by atoms with E-state index in [2.05, 4.69) is 46.1 Å². The maximum atomic E-state index is 5.57. The minimum Gasteiger partial charge on any atom is -0.380 e. The molecule has 1 heterocycles. The first-order valence-electron chi connectivity index (χ1n) is 7.01. The minimum atomic E-state index is 0.257. The Balaban J connectivity index is 2.30. The zero-order valence-corrected chi connectivity index (χ0v) is 13.8. The quantitative estimate of drug-likeness (QED) is 0.844. The lowest BCUT2D eigenvalue weighted by molar-refractivity contribution is 0.126. The van der Waals surface area contributed by atoms with Gasteiger partial charge in [0.15, 0.2) is 0 Å². The summed E-state index contributed by atoms with van der Waals surface area (Å²) in [4.78, 5) is 4.49. The number of halogens is 1. The van der Waals surface area contributed by atoms with Gasteiger partial charge in [0.05, 0.1) is 12.6 Å². The molecule has 0 bridgehead atoms. The largest absolute Gasteiger partial charge is 0.380 e. The van der Waals surface area contributed by atoms with Crippen molar-refractivity contribution in [3.05, 3.63) is 34.9 Å². The van der Waals surface area contributed by atoms with Crippen LogP contribution in [0.3, 0.4) is 0 Å². The van der Waals surface area contributed by atoms with Crippen molar-refractivity contribution in [2.75, 3.05) is 18.5 Å². The van der Waals surface area contributed by atoms with E-state index in [1.54, 1.807) is 0 Å². The molecule has 0 amide bonds. The van der Waals surface area contributed by atoms with Crippen molar-refractivity contribution in [1.82, 2.24) is 4.98 Å². The first kappa shape index (κ1) is 15.3. The van der Waals surface area contributed by atoms with Crippen molar-refractivity contribution < 1.29 is 4.74 Å². The molecule has 2 rings (SSSR count). The van der Waals surface area contributed by atoms with E-state index in [-0.39, 0.29) is 6.04 Å². The number of rotatable bonds is 6. The van der Waals surface area contributed by atoms with Gasteiger partial charge in [0.25, 0.3) is 0 Å². The molecule has 1 atom stereocenters. The molecule has 4 heteroatoms. The van der Waals surface area contributed by atoms with E-state index in [0.29, 0.717) is 12.5 Å². The van der Waals surface area contributed by atoms with Crippen LogP contribution in [0.1, 0.15) is 20.8 Å². The van der Waals surface area contributed by atoms with Crippen molar-refractivity contribution in [3.63, 3.8) is 0 Å². The Morgan fingerprint density at radius 1 is 1.25 bits per heavy atom. The molecule has 0 aliphatic heterocycles. The Kier molecular flexibility index (Phi) is 5.38. The minimum absolute atomic E-state index is 0.257. The van der Waals surface area contributed by atoms with Crippen LogP contribution < -0.4 is 5.32 Å². The number of anilines is 1. The van der Waals surface area contributed by atoms with E-state index in [1.807, 2.05) is 31.3 Å². The van der Waals surface area contributed by atoms with Crippen molar-refractivity contribution in [1.29, 1.82) is 0 Å². The van der Waals surface area contributed by atoms with Gasteiger partial charge in [-0.1, -0.05) is 41.9 Å². The van der Waals surface area contributed by atoms with E-state index >= 15 is 0 Å². The molecule has 0 aliphatic rings. The Hall–Kier alpha value is -1.13. The van der Waals surface area contributed by atoms with Crippen molar-refractivity contribution >= 4 is 32.5 Å². The van der Waals surface area contributed by atoms with Gasteiger partial charge in [-0.15, -0.1) is 0 Å². The summed E-state index contributed by atoms with van der Waals surface area (Å²) >= 11 is 3.59. The van der Waals surface area contributed by atoms with Gasteiger partial charge in [0.1, 0.15) is 5.82 Å².